The topological polar surface area (TPSA) is 68.8 Å². The standard InChI is InChI=1S/C18H22N2O4/c1-13-6-4-5-7-16(13)24-11-10-19-18(21)20-15-9-8-14(22-2)12-17(15)23-3/h4-9,12H,10-11H2,1-3H3,(H2,19,20,21). The quantitative estimate of drug-likeness (QED) is 0.765. The minimum atomic E-state index is -0.327. The molecule has 2 rings (SSSR count). The van der Waals surface area contributed by atoms with E-state index < -0.39 is 0 Å². The van der Waals surface area contributed by atoms with Crippen molar-refractivity contribution >= 4 is 11.7 Å². The molecule has 2 N–H and O–H groups in total. The van der Waals surface area contributed by atoms with Crippen LogP contribution in [0, 0.1) is 6.92 Å². The average Bonchev–Trinajstić information content (AvgIpc) is 2.60. The van der Waals surface area contributed by atoms with Crippen LogP contribution >= 0.6 is 0 Å². The summed E-state index contributed by atoms with van der Waals surface area (Å²) in [6, 6.07) is 12.6. The van der Waals surface area contributed by atoms with Gasteiger partial charge in [0.1, 0.15) is 23.9 Å². The first-order valence-electron chi connectivity index (χ1n) is 7.59. The number of carbonyl (C=O) groups excluding carboxylic acids is 1. The van der Waals surface area contributed by atoms with Crippen LogP contribution in [0.5, 0.6) is 17.2 Å². The molecule has 0 aliphatic rings. The van der Waals surface area contributed by atoms with Crippen molar-refractivity contribution < 1.29 is 19.0 Å². The second-order valence-corrected chi connectivity index (χ2v) is 5.06. The molecule has 0 aliphatic carbocycles. The van der Waals surface area contributed by atoms with E-state index in [4.69, 9.17) is 14.2 Å². The third kappa shape index (κ3) is 4.81. The molecule has 6 heteroatoms. The van der Waals surface area contributed by atoms with Gasteiger partial charge in [-0.15, -0.1) is 0 Å². The van der Waals surface area contributed by atoms with E-state index in [1.807, 2.05) is 31.2 Å². The van der Waals surface area contributed by atoms with E-state index in [-0.39, 0.29) is 6.03 Å². The van der Waals surface area contributed by atoms with Crippen LogP contribution in [0.4, 0.5) is 10.5 Å². The number of urea groups is 1. The molecule has 2 aromatic carbocycles. The smallest absolute Gasteiger partial charge is 0.319 e. The van der Waals surface area contributed by atoms with Crippen molar-refractivity contribution in [1.29, 1.82) is 0 Å². The molecule has 0 unspecified atom stereocenters. The molecule has 2 aromatic rings. The van der Waals surface area contributed by atoms with Crippen LogP contribution in [0.1, 0.15) is 5.56 Å². The lowest BCUT2D eigenvalue weighted by Crippen LogP contribution is -2.32. The highest BCUT2D eigenvalue weighted by molar-refractivity contribution is 5.91. The maximum atomic E-state index is 11.9. The Balaban J connectivity index is 1.80. The van der Waals surface area contributed by atoms with Crippen LogP contribution in [0.2, 0.25) is 0 Å². The number of hydrogen-bond donors (Lipinski definition) is 2. The van der Waals surface area contributed by atoms with Crippen LogP contribution in [0.25, 0.3) is 0 Å². The van der Waals surface area contributed by atoms with E-state index in [2.05, 4.69) is 10.6 Å². The molecular formula is C18H22N2O4. The Labute approximate surface area is 141 Å². The van der Waals surface area contributed by atoms with E-state index >= 15 is 0 Å². The monoisotopic (exact) mass is 330 g/mol. The fourth-order valence-electron chi connectivity index (χ4n) is 2.11. The number of hydrogen-bond acceptors (Lipinski definition) is 4. The van der Waals surface area contributed by atoms with Crippen LogP contribution in [0.15, 0.2) is 42.5 Å². The molecule has 0 saturated carbocycles. The summed E-state index contributed by atoms with van der Waals surface area (Å²) in [5.41, 5.74) is 1.63. The summed E-state index contributed by atoms with van der Waals surface area (Å²) in [6.07, 6.45) is 0. The van der Waals surface area contributed by atoms with Gasteiger partial charge in [0.15, 0.2) is 0 Å². The molecule has 0 bridgehead atoms. The molecule has 0 aromatic heterocycles. The van der Waals surface area contributed by atoms with Crippen molar-refractivity contribution in [3.05, 3.63) is 48.0 Å². The van der Waals surface area contributed by atoms with Crippen LogP contribution in [-0.2, 0) is 0 Å². The van der Waals surface area contributed by atoms with Crippen molar-refractivity contribution in [2.75, 3.05) is 32.7 Å². The Morgan fingerprint density at radius 1 is 1.04 bits per heavy atom. The van der Waals surface area contributed by atoms with Crippen molar-refractivity contribution in [3.63, 3.8) is 0 Å². The number of carbonyl (C=O) groups is 1. The molecule has 0 aliphatic heterocycles. The lowest BCUT2D eigenvalue weighted by atomic mass is 10.2. The highest BCUT2D eigenvalue weighted by atomic mass is 16.5. The fourth-order valence-corrected chi connectivity index (χ4v) is 2.11. The first-order valence-corrected chi connectivity index (χ1v) is 7.59. The highest BCUT2D eigenvalue weighted by Gasteiger charge is 2.08. The molecular weight excluding hydrogens is 308 g/mol. The largest absolute Gasteiger partial charge is 0.497 e. The van der Waals surface area contributed by atoms with Crippen molar-refractivity contribution in [1.82, 2.24) is 5.32 Å². The molecule has 2 amide bonds. The number of amides is 2. The lowest BCUT2D eigenvalue weighted by molar-refractivity contribution is 0.247. The van der Waals surface area contributed by atoms with Gasteiger partial charge in [-0.25, -0.2) is 4.79 Å². The molecule has 0 radical (unpaired) electrons. The first-order chi connectivity index (χ1) is 11.6. The van der Waals surface area contributed by atoms with Crippen LogP contribution in [-0.4, -0.2) is 33.4 Å². The van der Waals surface area contributed by atoms with Gasteiger partial charge in [0.2, 0.25) is 0 Å². The summed E-state index contributed by atoms with van der Waals surface area (Å²) in [7, 11) is 3.11. The fraction of sp³-hybridized carbons (Fsp3) is 0.278. The zero-order valence-electron chi connectivity index (χ0n) is 14.1. The third-order valence-corrected chi connectivity index (χ3v) is 3.40. The van der Waals surface area contributed by atoms with E-state index in [1.165, 1.54) is 7.11 Å². The second kappa shape index (κ2) is 8.67. The van der Waals surface area contributed by atoms with Gasteiger partial charge < -0.3 is 24.8 Å². The van der Waals surface area contributed by atoms with Gasteiger partial charge in [-0.2, -0.15) is 0 Å². The predicted octanol–water partition coefficient (Wildman–Crippen LogP) is 3.21. The predicted molar refractivity (Wildman–Crippen MR) is 93.2 cm³/mol. The Morgan fingerprint density at radius 2 is 1.83 bits per heavy atom. The van der Waals surface area contributed by atoms with Gasteiger partial charge in [-0.3, -0.25) is 0 Å². The summed E-state index contributed by atoms with van der Waals surface area (Å²) in [6.45, 7) is 2.75. The molecule has 0 heterocycles. The summed E-state index contributed by atoms with van der Waals surface area (Å²) >= 11 is 0. The van der Waals surface area contributed by atoms with Crippen LogP contribution < -0.4 is 24.8 Å². The summed E-state index contributed by atoms with van der Waals surface area (Å²) in [4.78, 5) is 11.9. The third-order valence-electron chi connectivity index (χ3n) is 3.40. The van der Waals surface area contributed by atoms with E-state index in [9.17, 15) is 4.79 Å². The van der Waals surface area contributed by atoms with Crippen molar-refractivity contribution in [3.8, 4) is 17.2 Å². The molecule has 0 saturated heterocycles. The summed E-state index contributed by atoms with van der Waals surface area (Å²) < 4.78 is 16.0. The Bertz CT molecular complexity index is 688. The van der Waals surface area contributed by atoms with Gasteiger partial charge in [-0.05, 0) is 30.7 Å². The average molecular weight is 330 g/mol. The number of aryl methyl sites for hydroxylation is 1. The molecule has 128 valence electrons. The van der Waals surface area contributed by atoms with E-state index in [0.29, 0.717) is 30.3 Å². The van der Waals surface area contributed by atoms with Crippen molar-refractivity contribution in [2.24, 2.45) is 0 Å². The normalized spacial score (nSPS) is 9.96. The molecule has 0 fully saturated rings. The maximum Gasteiger partial charge on any atom is 0.319 e. The van der Waals surface area contributed by atoms with Crippen LogP contribution in [0.3, 0.4) is 0 Å². The lowest BCUT2D eigenvalue weighted by Gasteiger charge is -2.13. The van der Waals surface area contributed by atoms with Crippen molar-refractivity contribution in [2.45, 2.75) is 6.92 Å². The zero-order chi connectivity index (χ0) is 17.4. The maximum absolute atomic E-state index is 11.9. The number of benzene rings is 2. The molecule has 0 spiro atoms. The first kappa shape index (κ1) is 17.5. The Hall–Kier alpha value is -2.89. The molecule has 24 heavy (non-hydrogen) atoms. The Kier molecular flexibility index (Phi) is 6.31. The van der Waals surface area contributed by atoms with Gasteiger partial charge in [0.05, 0.1) is 26.5 Å². The highest BCUT2D eigenvalue weighted by Crippen LogP contribution is 2.28. The number of nitrogens with one attached hydrogen (secondary N) is 2. The van der Waals surface area contributed by atoms with Gasteiger partial charge >= 0.3 is 6.03 Å². The number of methoxy groups -OCH3 is 2. The molecule has 0 atom stereocenters. The zero-order valence-corrected chi connectivity index (χ0v) is 14.1. The number of ether oxygens (including phenoxy) is 3. The van der Waals surface area contributed by atoms with Gasteiger partial charge in [-0.1, -0.05) is 18.2 Å². The number of para-hydroxylation sites is 1. The number of rotatable bonds is 7. The van der Waals surface area contributed by atoms with Gasteiger partial charge in [0.25, 0.3) is 0 Å². The van der Waals surface area contributed by atoms with E-state index in [1.54, 1.807) is 25.3 Å². The second-order valence-electron chi connectivity index (χ2n) is 5.06. The minimum Gasteiger partial charge on any atom is -0.497 e. The van der Waals surface area contributed by atoms with E-state index in [0.717, 1.165) is 11.3 Å². The number of anilines is 1. The summed E-state index contributed by atoms with van der Waals surface area (Å²) in [5, 5.41) is 5.48. The minimum absolute atomic E-state index is 0.327. The SMILES string of the molecule is COc1ccc(NC(=O)NCCOc2ccccc2C)c(OC)c1. The van der Waals surface area contributed by atoms with Gasteiger partial charge in [0, 0.05) is 6.07 Å². The summed E-state index contributed by atoms with van der Waals surface area (Å²) in [5.74, 6) is 2.00. The molecule has 6 nitrogen and oxygen atoms in total. The Morgan fingerprint density at radius 3 is 2.54 bits per heavy atom.